The van der Waals surface area contributed by atoms with Crippen LogP contribution in [0.3, 0.4) is 0 Å². The first-order valence-electron chi connectivity index (χ1n) is 12.1. The molecule has 0 saturated carbocycles. The predicted molar refractivity (Wildman–Crippen MR) is 161 cm³/mol. The lowest BCUT2D eigenvalue weighted by Gasteiger charge is -2.21. The number of benzene rings is 3. The Hall–Kier alpha value is -3.19. The summed E-state index contributed by atoms with van der Waals surface area (Å²) in [5.41, 5.74) is 1.68. The summed E-state index contributed by atoms with van der Waals surface area (Å²) in [4.78, 5) is 18.3. The molecule has 1 heterocycles. The van der Waals surface area contributed by atoms with E-state index in [-0.39, 0.29) is 17.2 Å². The lowest BCUT2D eigenvalue weighted by molar-refractivity contribution is 0.269. The summed E-state index contributed by atoms with van der Waals surface area (Å²) in [5.74, 6) is 1.26. The highest BCUT2D eigenvalue weighted by atomic mass is 79.9. The number of halogens is 3. The van der Waals surface area contributed by atoms with Crippen LogP contribution in [0.5, 0.6) is 11.5 Å². The van der Waals surface area contributed by atoms with Crippen LogP contribution in [0, 0.1) is 11.3 Å². The molecule has 0 saturated heterocycles. The molecule has 0 atom stereocenters. The fourth-order valence-corrected chi connectivity index (χ4v) is 4.88. The zero-order chi connectivity index (χ0) is 28.3. The molecule has 7 nitrogen and oxygen atoms in total. The molecule has 1 aromatic heterocycles. The Morgan fingerprint density at radius 3 is 2.59 bits per heavy atom. The summed E-state index contributed by atoms with van der Waals surface area (Å²) >= 11 is 13.7. The van der Waals surface area contributed by atoms with Crippen LogP contribution in [0.4, 0.5) is 0 Å². The number of nitriles is 1. The molecule has 4 rings (SSSR count). The first kappa shape index (κ1) is 28.8. The lowest BCUT2D eigenvalue weighted by atomic mass is 9.95. The summed E-state index contributed by atoms with van der Waals surface area (Å²) in [5, 5.41) is 14.7. The van der Waals surface area contributed by atoms with Crippen LogP contribution < -0.4 is 15.0 Å². The van der Waals surface area contributed by atoms with Crippen molar-refractivity contribution in [1.29, 1.82) is 5.26 Å². The van der Waals surface area contributed by atoms with E-state index in [1.807, 2.05) is 52.0 Å². The number of aromatic nitrogens is 2. The van der Waals surface area contributed by atoms with Crippen molar-refractivity contribution >= 4 is 60.6 Å². The Labute approximate surface area is 248 Å². The Bertz CT molecular complexity index is 1690. The van der Waals surface area contributed by atoms with Crippen LogP contribution in [0.2, 0.25) is 5.02 Å². The third-order valence-electron chi connectivity index (χ3n) is 5.76. The van der Waals surface area contributed by atoms with E-state index >= 15 is 0 Å². The zero-order valence-corrected chi connectivity index (χ0v) is 25.7. The molecule has 0 aliphatic heterocycles. The van der Waals surface area contributed by atoms with Gasteiger partial charge in [-0.3, -0.25) is 4.79 Å². The Balaban J connectivity index is 1.79. The van der Waals surface area contributed by atoms with Gasteiger partial charge in [-0.25, -0.2) is 4.98 Å². The molecule has 4 aromatic rings. The normalized spacial score (nSPS) is 11.6. The molecular weight excluding hydrogens is 648 g/mol. The van der Waals surface area contributed by atoms with E-state index in [2.05, 4.69) is 43.0 Å². The van der Waals surface area contributed by atoms with Gasteiger partial charge in [0.1, 0.15) is 17.5 Å². The average Bonchev–Trinajstić information content (AvgIpc) is 2.90. The van der Waals surface area contributed by atoms with E-state index in [4.69, 9.17) is 26.1 Å². The number of hydrogen-bond donors (Lipinski definition) is 0. The molecule has 0 aliphatic rings. The predicted octanol–water partition coefficient (Wildman–Crippen LogP) is 7.60. The number of hydrogen-bond acceptors (Lipinski definition) is 6. The molecule has 200 valence electrons. The van der Waals surface area contributed by atoms with Crippen LogP contribution in [-0.2, 0) is 12.0 Å². The standard InChI is InChI=1S/C29H25Br2ClN4O3/c1-5-38-23-12-19(24(31)25(32)26(23)39-16-18-9-7-6-8-17(18)14-33)15-34-36-27(37)21-13-20(30)10-11-22(21)35-28(36)29(2,3)4/h6-13,15H,5,16H2,1-4H3. The third-order valence-corrected chi connectivity index (χ3v) is 7.69. The number of ether oxygens (including phenoxy) is 2. The highest BCUT2D eigenvalue weighted by Gasteiger charge is 2.23. The van der Waals surface area contributed by atoms with E-state index in [0.29, 0.717) is 50.4 Å². The fraction of sp³-hybridized carbons (Fsp3) is 0.241. The van der Waals surface area contributed by atoms with Gasteiger partial charge in [0, 0.05) is 25.5 Å². The highest BCUT2D eigenvalue weighted by Crippen LogP contribution is 2.42. The van der Waals surface area contributed by atoms with E-state index < -0.39 is 5.41 Å². The minimum absolute atomic E-state index is 0.131. The second-order valence-electron chi connectivity index (χ2n) is 9.62. The average molecular weight is 673 g/mol. The molecule has 10 heteroatoms. The van der Waals surface area contributed by atoms with Gasteiger partial charge >= 0.3 is 0 Å². The second-order valence-corrected chi connectivity index (χ2v) is 11.7. The van der Waals surface area contributed by atoms with Crippen LogP contribution in [0.1, 0.15) is 50.2 Å². The van der Waals surface area contributed by atoms with Crippen molar-refractivity contribution < 1.29 is 9.47 Å². The quantitative estimate of drug-likeness (QED) is 0.189. The first-order valence-corrected chi connectivity index (χ1v) is 14.0. The molecule has 0 bridgehead atoms. The maximum atomic E-state index is 13.5. The smallest absolute Gasteiger partial charge is 0.282 e. The van der Waals surface area contributed by atoms with Crippen molar-refractivity contribution in [2.75, 3.05) is 6.61 Å². The minimum Gasteiger partial charge on any atom is -0.490 e. The molecule has 0 aliphatic carbocycles. The van der Waals surface area contributed by atoms with Gasteiger partial charge in [-0.1, -0.05) is 66.5 Å². The van der Waals surface area contributed by atoms with Gasteiger partial charge in [0.05, 0.1) is 35.4 Å². The van der Waals surface area contributed by atoms with E-state index in [1.165, 1.54) is 10.9 Å². The minimum atomic E-state index is -0.458. The molecule has 39 heavy (non-hydrogen) atoms. The summed E-state index contributed by atoms with van der Waals surface area (Å²) < 4.78 is 14.5. The van der Waals surface area contributed by atoms with Crippen molar-refractivity contribution in [3.05, 3.63) is 95.4 Å². The van der Waals surface area contributed by atoms with Crippen LogP contribution in [0.25, 0.3) is 10.9 Å². The van der Waals surface area contributed by atoms with E-state index in [0.717, 1.165) is 10.0 Å². The fourth-order valence-electron chi connectivity index (χ4n) is 3.86. The Morgan fingerprint density at radius 1 is 1.15 bits per heavy atom. The van der Waals surface area contributed by atoms with Gasteiger partial charge in [-0.05, 0) is 53.2 Å². The van der Waals surface area contributed by atoms with Gasteiger partial charge in [-0.2, -0.15) is 15.0 Å². The van der Waals surface area contributed by atoms with E-state index in [1.54, 1.807) is 24.3 Å². The molecule has 0 amide bonds. The molecule has 0 unspecified atom stereocenters. The van der Waals surface area contributed by atoms with Crippen molar-refractivity contribution in [3.63, 3.8) is 0 Å². The van der Waals surface area contributed by atoms with Crippen molar-refractivity contribution in [1.82, 2.24) is 9.66 Å². The monoisotopic (exact) mass is 670 g/mol. The third kappa shape index (κ3) is 6.19. The molecular formula is C29H25Br2ClN4O3. The molecule has 0 fully saturated rings. The second kappa shape index (κ2) is 11.9. The maximum absolute atomic E-state index is 13.5. The number of rotatable bonds is 7. The van der Waals surface area contributed by atoms with E-state index in [9.17, 15) is 10.1 Å². The molecule has 0 spiro atoms. The molecule has 3 aromatic carbocycles. The topological polar surface area (TPSA) is 89.5 Å². The zero-order valence-electron chi connectivity index (χ0n) is 21.8. The summed E-state index contributed by atoms with van der Waals surface area (Å²) in [6.45, 7) is 8.28. The highest BCUT2D eigenvalue weighted by molar-refractivity contribution is 9.10. The summed E-state index contributed by atoms with van der Waals surface area (Å²) in [6.07, 6.45) is 1.54. The lowest BCUT2D eigenvalue weighted by Crippen LogP contribution is -2.29. The van der Waals surface area contributed by atoms with Gasteiger partial charge in [0.15, 0.2) is 11.5 Å². The van der Waals surface area contributed by atoms with Crippen molar-refractivity contribution in [2.45, 2.75) is 39.7 Å². The van der Waals surface area contributed by atoms with Gasteiger partial charge < -0.3 is 9.47 Å². The Morgan fingerprint density at radius 2 is 1.90 bits per heavy atom. The number of nitrogens with zero attached hydrogens (tertiary/aromatic N) is 4. The first-order chi connectivity index (χ1) is 18.5. The van der Waals surface area contributed by atoms with Crippen LogP contribution in [0.15, 0.2) is 67.4 Å². The summed E-state index contributed by atoms with van der Waals surface area (Å²) in [7, 11) is 0. The largest absolute Gasteiger partial charge is 0.490 e. The van der Waals surface area contributed by atoms with Crippen LogP contribution in [-0.4, -0.2) is 22.5 Å². The van der Waals surface area contributed by atoms with Gasteiger partial charge in [-0.15, -0.1) is 0 Å². The van der Waals surface area contributed by atoms with Crippen molar-refractivity contribution in [3.8, 4) is 17.6 Å². The van der Waals surface area contributed by atoms with Gasteiger partial charge in [0.2, 0.25) is 0 Å². The van der Waals surface area contributed by atoms with Crippen LogP contribution >= 0.6 is 43.5 Å². The molecule has 0 N–H and O–H groups in total. The summed E-state index contributed by atoms with van der Waals surface area (Å²) in [6, 6.07) is 16.5. The maximum Gasteiger partial charge on any atom is 0.282 e. The van der Waals surface area contributed by atoms with Gasteiger partial charge in [0.25, 0.3) is 5.56 Å². The SMILES string of the molecule is CCOc1cc(C=Nn2c(C(C)(C)C)nc3ccc(Br)cc3c2=O)c(Br)c(Cl)c1OCc1ccccc1C#N. The molecule has 0 radical (unpaired) electrons. The Kier molecular flexibility index (Phi) is 8.80. The number of fused-ring (bicyclic) bond motifs is 1. The van der Waals surface area contributed by atoms with Crippen molar-refractivity contribution in [2.24, 2.45) is 5.10 Å².